The second-order valence-corrected chi connectivity index (χ2v) is 8.30. The third-order valence-electron chi connectivity index (χ3n) is 4.25. The van der Waals surface area contributed by atoms with Gasteiger partial charge < -0.3 is 5.32 Å². The molecule has 1 aromatic rings. The lowest BCUT2D eigenvalue weighted by atomic mass is 9.96. The van der Waals surface area contributed by atoms with Gasteiger partial charge in [-0.15, -0.1) is 11.8 Å². The van der Waals surface area contributed by atoms with Crippen LogP contribution < -0.4 is 5.32 Å². The van der Waals surface area contributed by atoms with Gasteiger partial charge in [0.05, 0.1) is 5.25 Å². The molecule has 0 saturated carbocycles. The highest BCUT2D eigenvalue weighted by atomic mass is 32.2. The zero-order valence-electron chi connectivity index (χ0n) is 13.0. The van der Waals surface area contributed by atoms with E-state index in [0.29, 0.717) is 10.5 Å². The maximum Gasteiger partial charge on any atom is 0.145 e. The van der Waals surface area contributed by atoms with Gasteiger partial charge in [0, 0.05) is 34.6 Å². The zero-order valence-corrected chi connectivity index (χ0v) is 14.7. The highest BCUT2D eigenvalue weighted by Crippen LogP contribution is 2.43. The van der Waals surface area contributed by atoms with E-state index < -0.39 is 0 Å². The van der Waals surface area contributed by atoms with Crippen molar-refractivity contribution >= 4 is 29.3 Å². The predicted octanol–water partition coefficient (Wildman–Crippen LogP) is 4.09. The van der Waals surface area contributed by atoms with Gasteiger partial charge in [0.1, 0.15) is 11.6 Å². The van der Waals surface area contributed by atoms with Crippen LogP contribution in [0.2, 0.25) is 0 Å². The Kier molecular flexibility index (Phi) is 5.33. The Hall–Kier alpha value is -0.420. The first-order valence-corrected chi connectivity index (χ1v) is 10.3. The SMILES string of the molecule is CCNc1nc(C2SCCSC2CC)nc2c1CCCC2. The number of fused-ring (bicyclic) bond motifs is 1. The molecule has 1 fully saturated rings. The highest BCUT2D eigenvalue weighted by molar-refractivity contribution is 8.06. The summed E-state index contributed by atoms with van der Waals surface area (Å²) in [5, 5.41) is 4.62. The largest absolute Gasteiger partial charge is 0.370 e. The quantitative estimate of drug-likeness (QED) is 0.903. The van der Waals surface area contributed by atoms with E-state index in [0.717, 1.165) is 31.0 Å². The summed E-state index contributed by atoms with van der Waals surface area (Å²) < 4.78 is 0. The third kappa shape index (κ3) is 3.34. The van der Waals surface area contributed by atoms with Crippen LogP contribution in [0.4, 0.5) is 5.82 Å². The van der Waals surface area contributed by atoms with Crippen LogP contribution in [0.25, 0.3) is 0 Å². The van der Waals surface area contributed by atoms with Crippen LogP contribution in [0.5, 0.6) is 0 Å². The van der Waals surface area contributed by atoms with Gasteiger partial charge >= 0.3 is 0 Å². The van der Waals surface area contributed by atoms with E-state index in [1.54, 1.807) is 0 Å². The van der Waals surface area contributed by atoms with Gasteiger partial charge in [0.2, 0.25) is 0 Å². The number of hydrogen-bond donors (Lipinski definition) is 1. The fourth-order valence-corrected chi connectivity index (χ4v) is 6.19. The number of anilines is 1. The Morgan fingerprint density at radius 3 is 2.71 bits per heavy atom. The van der Waals surface area contributed by atoms with E-state index in [9.17, 15) is 0 Å². The van der Waals surface area contributed by atoms with Crippen molar-refractivity contribution in [2.45, 2.75) is 56.5 Å². The van der Waals surface area contributed by atoms with Crippen LogP contribution >= 0.6 is 23.5 Å². The van der Waals surface area contributed by atoms with Crippen molar-refractivity contribution in [1.82, 2.24) is 9.97 Å². The normalized spacial score (nSPS) is 25.4. The summed E-state index contributed by atoms with van der Waals surface area (Å²) in [7, 11) is 0. The maximum absolute atomic E-state index is 4.99. The van der Waals surface area contributed by atoms with Gasteiger partial charge in [-0.3, -0.25) is 0 Å². The zero-order chi connectivity index (χ0) is 14.7. The Morgan fingerprint density at radius 2 is 1.90 bits per heavy atom. The number of aryl methyl sites for hydroxylation is 1. The van der Waals surface area contributed by atoms with E-state index in [-0.39, 0.29) is 0 Å². The molecule has 0 spiro atoms. The molecular weight excluding hydrogens is 298 g/mol. The lowest BCUT2D eigenvalue weighted by Crippen LogP contribution is -2.23. The first kappa shape index (κ1) is 15.5. The average molecular weight is 324 g/mol. The molecule has 1 N–H and O–H groups in total. The van der Waals surface area contributed by atoms with Crippen LogP contribution in [-0.2, 0) is 12.8 Å². The fourth-order valence-electron chi connectivity index (χ4n) is 3.20. The molecule has 2 atom stereocenters. The first-order chi connectivity index (χ1) is 10.3. The molecule has 5 heteroatoms. The molecule has 0 radical (unpaired) electrons. The lowest BCUT2D eigenvalue weighted by molar-refractivity contribution is 0.648. The van der Waals surface area contributed by atoms with Gasteiger partial charge in [-0.25, -0.2) is 9.97 Å². The number of aromatic nitrogens is 2. The molecule has 2 unspecified atom stereocenters. The molecule has 0 aromatic carbocycles. The molecule has 1 saturated heterocycles. The van der Waals surface area contributed by atoms with Gasteiger partial charge in [-0.1, -0.05) is 6.92 Å². The summed E-state index contributed by atoms with van der Waals surface area (Å²) in [4.78, 5) is 9.93. The minimum Gasteiger partial charge on any atom is -0.370 e. The Balaban J connectivity index is 1.95. The van der Waals surface area contributed by atoms with Crippen LogP contribution in [-0.4, -0.2) is 33.3 Å². The van der Waals surface area contributed by atoms with Crippen LogP contribution in [0.15, 0.2) is 0 Å². The van der Waals surface area contributed by atoms with Crippen molar-refractivity contribution in [3.05, 3.63) is 17.1 Å². The second-order valence-electron chi connectivity index (χ2n) is 5.70. The standard InChI is InChI=1S/C16H25N3S2/c1-3-13-14(21-10-9-20-13)16-18-12-8-6-5-7-11(12)15(19-16)17-4-2/h13-14H,3-10H2,1-2H3,(H,17,18,19). The number of rotatable bonds is 4. The monoisotopic (exact) mass is 323 g/mol. The maximum atomic E-state index is 4.99. The van der Waals surface area contributed by atoms with Crippen molar-refractivity contribution in [3.63, 3.8) is 0 Å². The van der Waals surface area contributed by atoms with Crippen LogP contribution in [0, 0.1) is 0 Å². The summed E-state index contributed by atoms with van der Waals surface area (Å²) in [5.74, 6) is 4.69. The van der Waals surface area contributed by atoms with E-state index in [2.05, 4.69) is 42.7 Å². The van der Waals surface area contributed by atoms with Gasteiger partial charge in [-0.2, -0.15) is 11.8 Å². The van der Waals surface area contributed by atoms with Crippen molar-refractivity contribution < 1.29 is 0 Å². The summed E-state index contributed by atoms with van der Waals surface area (Å²) in [5.41, 5.74) is 2.70. The number of hydrogen-bond acceptors (Lipinski definition) is 5. The van der Waals surface area contributed by atoms with E-state index in [1.165, 1.54) is 42.0 Å². The molecule has 116 valence electrons. The molecule has 1 aromatic heterocycles. The molecule has 2 heterocycles. The van der Waals surface area contributed by atoms with Crippen LogP contribution in [0.1, 0.15) is 55.4 Å². The summed E-state index contributed by atoms with van der Waals surface area (Å²) >= 11 is 4.15. The van der Waals surface area contributed by atoms with Crippen molar-refractivity contribution in [2.24, 2.45) is 0 Å². The topological polar surface area (TPSA) is 37.8 Å². The van der Waals surface area contributed by atoms with Gasteiger partial charge in [0.15, 0.2) is 0 Å². The minimum absolute atomic E-state index is 0.471. The van der Waals surface area contributed by atoms with E-state index >= 15 is 0 Å². The van der Waals surface area contributed by atoms with Gasteiger partial charge in [0.25, 0.3) is 0 Å². The minimum atomic E-state index is 0.471. The third-order valence-corrected chi connectivity index (χ3v) is 7.49. The highest BCUT2D eigenvalue weighted by Gasteiger charge is 2.30. The van der Waals surface area contributed by atoms with E-state index in [1.807, 2.05) is 0 Å². The fraction of sp³-hybridized carbons (Fsp3) is 0.750. The molecule has 2 aliphatic rings. The smallest absolute Gasteiger partial charge is 0.145 e. The van der Waals surface area contributed by atoms with Crippen molar-refractivity contribution in [2.75, 3.05) is 23.4 Å². The first-order valence-electron chi connectivity index (χ1n) is 8.20. The average Bonchev–Trinajstić information content (AvgIpc) is 2.55. The number of nitrogens with zero attached hydrogens (tertiary/aromatic N) is 2. The van der Waals surface area contributed by atoms with Crippen molar-refractivity contribution in [1.29, 1.82) is 0 Å². The Bertz CT molecular complexity index is 493. The molecule has 0 bridgehead atoms. The summed E-state index contributed by atoms with van der Waals surface area (Å²) in [6.07, 6.45) is 6.03. The molecule has 3 rings (SSSR count). The molecule has 1 aliphatic heterocycles. The Labute approximate surface area is 136 Å². The molecular formula is C16H25N3S2. The Morgan fingerprint density at radius 1 is 1.10 bits per heavy atom. The van der Waals surface area contributed by atoms with E-state index in [4.69, 9.17) is 9.97 Å². The second kappa shape index (κ2) is 7.23. The molecule has 1 aliphatic carbocycles. The van der Waals surface area contributed by atoms with Crippen molar-refractivity contribution in [3.8, 4) is 0 Å². The van der Waals surface area contributed by atoms with Gasteiger partial charge in [-0.05, 0) is 39.0 Å². The summed E-state index contributed by atoms with van der Waals surface area (Å²) in [6, 6.07) is 0. The molecule has 0 amide bonds. The predicted molar refractivity (Wildman–Crippen MR) is 94.6 cm³/mol. The number of thioether (sulfide) groups is 2. The molecule has 3 nitrogen and oxygen atoms in total. The molecule has 21 heavy (non-hydrogen) atoms. The lowest BCUT2D eigenvalue weighted by Gasteiger charge is -2.30. The summed E-state index contributed by atoms with van der Waals surface area (Å²) in [6.45, 7) is 5.38. The number of nitrogens with one attached hydrogen (secondary N) is 1. The van der Waals surface area contributed by atoms with Crippen LogP contribution in [0.3, 0.4) is 0 Å².